The van der Waals surface area contributed by atoms with Crippen LogP contribution in [0.4, 0.5) is 11.5 Å². The number of nitrogens with one attached hydrogen (secondary N) is 3. The van der Waals surface area contributed by atoms with Gasteiger partial charge in [0.1, 0.15) is 17.8 Å². The molecule has 35 heavy (non-hydrogen) atoms. The summed E-state index contributed by atoms with van der Waals surface area (Å²) in [6, 6.07) is 9.98. The van der Waals surface area contributed by atoms with Crippen LogP contribution < -0.4 is 10.6 Å². The van der Waals surface area contributed by atoms with E-state index in [0.717, 1.165) is 12.8 Å². The molecule has 1 fully saturated rings. The van der Waals surface area contributed by atoms with E-state index in [1.807, 2.05) is 0 Å². The molecule has 1 saturated heterocycles. The fourth-order valence-corrected chi connectivity index (χ4v) is 4.08. The third kappa shape index (κ3) is 4.88. The van der Waals surface area contributed by atoms with Gasteiger partial charge in [0.25, 0.3) is 5.91 Å². The molecule has 0 spiro atoms. The quantitative estimate of drug-likeness (QED) is 0.301. The highest BCUT2D eigenvalue weighted by Gasteiger charge is 2.24. The van der Waals surface area contributed by atoms with E-state index in [2.05, 4.69) is 30.6 Å². The van der Waals surface area contributed by atoms with Gasteiger partial charge in [-0.2, -0.15) is 0 Å². The molecular weight excluding hydrogens is 448 g/mol. The van der Waals surface area contributed by atoms with Crippen LogP contribution in [0.1, 0.15) is 39.1 Å². The van der Waals surface area contributed by atoms with Crippen molar-refractivity contribution in [1.82, 2.24) is 19.9 Å². The minimum Gasteiger partial charge on any atom is -0.394 e. The van der Waals surface area contributed by atoms with Gasteiger partial charge < -0.3 is 25.5 Å². The molecule has 1 aromatic carbocycles. The van der Waals surface area contributed by atoms with Crippen LogP contribution in [0.5, 0.6) is 0 Å². The number of rotatable bonds is 7. The summed E-state index contributed by atoms with van der Waals surface area (Å²) in [5.74, 6) is 0.103. The van der Waals surface area contributed by atoms with E-state index in [9.17, 15) is 14.7 Å². The highest BCUT2D eigenvalue weighted by Crippen LogP contribution is 2.28. The van der Waals surface area contributed by atoms with E-state index >= 15 is 0 Å². The second-order valence-electron chi connectivity index (χ2n) is 8.30. The Morgan fingerprint density at radius 1 is 1.06 bits per heavy atom. The smallest absolute Gasteiger partial charge is 0.255 e. The Bertz CT molecular complexity index is 1330. The van der Waals surface area contributed by atoms with Crippen molar-refractivity contribution < 1.29 is 19.4 Å². The van der Waals surface area contributed by atoms with Crippen molar-refractivity contribution in [3.05, 3.63) is 78.0 Å². The number of amides is 1. The lowest BCUT2D eigenvalue weighted by molar-refractivity contribution is -0.0224. The lowest BCUT2D eigenvalue weighted by Crippen LogP contribution is -2.36. The lowest BCUT2D eigenvalue weighted by atomic mass is 10.0. The molecule has 5 rings (SSSR count). The molecule has 1 amide bonds. The molecule has 2 atom stereocenters. The number of aromatic nitrogens is 4. The zero-order valence-corrected chi connectivity index (χ0v) is 18.8. The summed E-state index contributed by atoms with van der Waals surface area (Å²) in [5.41, 5.74) is 2.54. The van der Waals surface area contributed by atoms with E-state index in [0.29, 0.717) is 45.8 Å². The van der Waals surface area contributed by atoms with Gasteiger partial charge in [0.2, 0.25) is 0 Å². The summed E-state index contributed by atoms with van der Waals surface area (Å²) >= 11 is 0. The standard InChI is InChI=1S/C25H24N6O4/c32-12-19-6-5-18(13-35-19)30-24-21-20(11-27-23(21)28-14-29-24)22(33)15-1-3-17(4-2-15)31-25(34)16-7-9-26-10-8-16/h1-4,7-11,14,18-19,32H,5-6,12-13H2,(H,31,34)(H2,27,28,29,30)/t18-,19-/m0/s1. The number of aliphatic hydroxyl groups is 1. The Morgan fingerprint density at radius 3 is 2.57 bits per heavy atom. The molecule has 3 aromatic heterocycles. The number of ether oxygens (including phenoxy) is 1. The summed E-state index contributed by atoms with van der Waals surface area (Å²) in [7, 11) is 0. The van der Waals surface area contributed by atoms with Crippen molar-refractivity contribution in [3.8, 4) is 0 Å². The Labute approximate surface area is 200 Å². The molecule has 10 nitrogen and oxygen atoms in total. The first-order chi connectivity index (χ1) is 17.1. The molecule has 0 saturated carbocycles. The number of fused-ring (bicyclic) bond motifs is 1. The number of ketones is 1. The minimum absolute atomic E-state index is 0.00708. The number of aromatic amines is 1. The number of hydrogen-bond donors (Lipinski definition) is 4. The number of aliphatic hydroxyl groups excluding tert-OH is 1. The highest BCUT2D eigenvalue weighted by atomic mass is 16.5. The monoisotopic (exact) mass is 472 g/mol. The van der Waals surface area contributed by atoms with Crippen LogP contribution in [0.15, 0.2) is 61.3 Å². The van der Waals surface area contributed by atoms with Crippen molar-refractivity contribution >= 4 is 34.2 Å². The fraction of sp³-hybridized carbons (Fsp3) is 0.240. The second kappa shape index (κ2) is 10.00. The van der Waals surface area contributed by atoms with Crippen LogP contribution in [0.25, 0.3) is 11.0 Å². The SMILES string of the molecule is O=C(Nc1ccc(C(=O)c2c[nH]c3ncnc(N[C@H]4CC[C@@H](CO)OC4)c23)cc1)c1ccncc1. The van der Waals surface area contributed by atoms with Crippen LogP contribution in [0.3, 0.4) is 0 Å². The topological polar surface area (TPSA) is 142 Å². The third-order valence-corrected chi connectivity index (χ3v) is 5.98. The Balaban J connectivity index is 1.34. The Hall–Kier alpha value is -4.15. The molecule has 10 heteroatoms. The van der Waals surface area contributed by atoms with Crippen LogP contribution in [-0.2, 0) is 4.74 Å². The fourth-order valence-electron chi connectivity index (χ4n) is 4.08. The molecule has 0 bridgehead atoms. The molecular formula is C25H24N6O4. The van der Waals surface area contributed by atoms with E-state index in [-0.39, 0.29) is 30.4 Å². The van der Waals surface area contributed by atoms with Crippen molar-refractivity contribution in [3.63, 3.8) is 0 Å². The predicted molar refractivity (Wildman–Crippen MR) is 129 cm³/mol. The van der Waals surface area contributed by atoms with Crippen molar-refractivity contribution in [1.29, 1.82) is 0 Å². The van der Waals surface area contributed by atoms with Crippen molar-refractivity contribution in [2.45, 2.75) is 25.0 Å². The molecule has 1 aliphatic heterocycles. The largest absolute Gasteiger partial charge is 0.394 e. The summed E-state index contributed by atoms with van der Waals surface area (Å²) in [6.07, 6.45) is 7.60. The zero-order valence-electron chi connectivity index (χ0n) is 18.8. The highest BCUT2D eigenvalue weighted by molar-refractivity contribution is 6.18. The number of benzene rings is 1. The molecule has 0 aliphatic carbocycles. The molecule has 178 valence electrons. The summed E-state index contributed by atoms with van der Waals surface area (Å²) in [6.45, 7) is 0.449. The number of H-pyrrole nitrogens is 1. The number of nitrogens with zero attached hydrogens (tertiary/aromatic N) is 3. The van der Waals surface area contributed by atoms with Gasteiger partial charge in [-0.25, -0.2) is 9.97 Å². The normalized spacial score (nSPS) is 17.7. The van der Waals surface area contributed by atoms with Crippen molar-refractivity contribution in [2.75, 3.05) is 23.8 Å². The van der Waals surface area contributed by atoms with E-state index in [4.69, 9.17) is 4.74 Å². The van der Waals surface area contributed by atoms with E-state index < -0.39 is 0 Å². The van der Waals surface area contributed by atoms with Gasteiger partial charge in [0, 0.05) is 35.4 Å². The maximum absolute atomic E-state index is 13.4. The number of carbonyl (C=O) groups excluding carboxylic acids is 2. The number of carbonyl (C=O) groups is 2. The van der Waals surface area contributed by atoms with Crippen LogP contribution in [0, 0.1) is 0 Å². The van der Waals surface area contributed by atoms with Gasteiger partial charge in [-0.15, -0.1) is 0 Å². The van der Waals surface area contributed by atoms with Gasteiger partial charge in [-0.3, -0.25) is 14.6 Å². The predicted octanol–water partition coefficient (Wildman–Crippen LogP) is 2.79. The first-order valence-corrected chi connectivity index (χ1v) is 11.3. The summed E-state index contributed by atoms with van der Waals surface area (Å²) < 4.78 is 5.66. The molecule has 1 aliphatic rings. The number of hydrogen-bond acceptors (Lipinski definition) is 8. The lowest BCUT2D eigenvalue weighted by Gasteiger charge is -2.29. The maximum Gasteiger partial charge on any atom is 0.255 e. The first-order valence-electron chi connectivity index (χ1n) is 11.3. The second-order valence-corrected chi connectivity index (χ2v) is 8.30. The zero-order chi connectivity index (χ0) is 24.2. The van der Waals surface area contributed by atoms with Crippen LogP contribution >= 0.6 is 0 Å². The van der Waals surface area contributed by atoms with Gasteiger partial charge in [0.15, 0.2) is 5.78 Å². The molecule has 4 N–H and O–H groups in total. The molecule has 0 radical (unpaired) electrons. The first kappa shape index (κ1) is 22.6. The Morgan fingerprint density at radius 2 is 1.86 bits per heavy atom. The van der Waals surface area contributed by atoms with Gasteiger partial charge >= 0.3 is 0 Å². The van der Waals surface area contributed by atoms with Gasteiger partial charge in [0.05, 0.1) is 36.3 Å². The van der Waals surface area contributed by atoms with Crippen LogP contribution in [0.2, 0.25) is 0 Å². The molecule has 4 heterocycles. The van der Waals surface area contributed by atoms with Gasteiger partial charge in [-0.1, -0.05) is 0 Å². The third-order valence-electron chi connectivity index (χ3n) is 5.98. The number of anilines is 2. The molecule has 4 aromatic rings. The average Bonchev–Trinajstić information content (AvgIpc) is 3.35. The van der Waals surface area contributed by atoms with Crippen LogP contribution in [-0.4, -0.2) is 62.1 Å². The van der Waals surface area contributed by atoms with Gasteiger partial charge in [-0.05, 0) is 49.2 Å². The van der Waals surface area contributed by atoms with Crippen molar-refractivity contribution in [2.24, 2.45) is 0 Å². The molecule has 0 unspecified atom stereocenters. The van der Waals surface area contributed by atoms with E-state index in [1.54, 1.807) is 55.0 Å². The summed E-state index contributed by atoms with van der Waals surface area (Å²) in [5, 5.41) is 16.1. The average molecular weight is 473 g/mol. The minimum atomic E-state index is -0.257. The maximum atomic E-state index is 13.4. The number of pyridine rings is 1. The van der Waals surface area contributed by atoms with E-state index in [1.165, 1.54) is 6.33 Å². The Kier molecular flexibility index (Phi) is 6.47. The summed E-state index contributed by atoms with van der Waals surface area (Å²) in [4.78, 5) is 41.3.